The third-order valence-corrected chi connectivity index (χ3v) is 6.87. The van der Waals surface area contributed by atoms with Crippen molar-refractivity contribution in [2.45, 2.75) is 6.92 Å². The minimum atomic E-state index is -4.35. The first kappa shape index (κ1) is 26.2. The Morgan fingerprint density at radius 3 is 2.54 bits per heavy atom. The minimum absolute atomic E-state index is 0.103. The van der Waals surface area contributed by atoms with Crippen molar-refractivity contribution in [2.24, 2.45) is 16.1 Å². The molecule has 4 rings (SSSR count). The number of hydrogen-bond acceptors (Lipinski definition) is 6. The van der Waals surface area contributed by atoms with Crippen LogP contribution in [0.2, 0.25) is 0 Å². The van der Waals surface area contributed by atoms with Crippen LogP contribution in [0, 0.1) is 5.92 Å². The van der Waals surface area contributed by atoms with Crippen LogP contribution in [-0.2, 0) is 14.1 Å². The molecule has 2 aliphatic carbocycles. The van der Waals surface area contributed by atoms with E-state index >= 15 is 0 Å². The monoisotopic (exact) mass is 517 g/mol. The van der Waals surface area contributed by atoms with Crippen molar-refractivity contribution in [3.63, 3.8) is 0 Å². The Morgan fingerprint density at radius 1 is 1.00 bits per heavy atom. The quantitative estimate of drug-likeness (QED) is 0.260. The van der Waals surface area contributed by atoms with E-state index in [-0.39, 0.29) is 23.8 Å². The number of likely N-dealkylation sites (N-methyl/N-ethyl adjacent to an activating group) is 1. The van der Waals surface area contributed by atoms with Gasteiger partial charge in [-0.15, -0.1) is 0 Å². The molecular formula is C28H28N3O5P. The molecule has 8 nitrogen and oxygen atoms in total. The van der Waals surface area contributed by atoms with Crippen LogP contribution in [0.3, 0.4) is 0 Å². The standard InChI is InChI=1S/C28H28N3O5P/c1-2-31(18-19-36-28(32)23-12-10-21-6-3-4-7-22(21)11-13-23)26-16-14-24(15-17-26)29-30-25-8-5-9-27(20-25)37(33,34)35/h3-17,20-21H,2,18-19H2,1H3,(H2,33,34,35). The van der Waals surface area contributed by atoms with E-state index in [0.717, 1.165) is 17.8 Å². The van der Waals surface area contributed by atoms with Crippen LogP contribution in [0.1, 0.15) is 6.92 Å². The van der Waals surface area contributed by atoms with Gasteiger partial charge >= 0.3 is 13.6 Å². The van der Waals surface area contributed by atoms with Crippen molar-refractivity contribution in [2.75, 3.05) is 24.6 Å². The maximum absolute atomic E-state index is 12.6. The van der Waals surface area contributed by atoms with E-state index in [9.17, 15) is 19.1 Å². The van der Waals surface area contributed by atoms with Gasteiger partial charge in [0.05, 0.1) is 28.8 Å². The molecule has 0 saturated heterocycles. The van der Waals surface area contributed by atoms with E-state index in [2.05, 4.69) is 21.2 Å². The number of esters is 1. The number of carbonyl (C=O) groups is 1. The summed E-state index contributed by atoms with van der Waals surface area (Å²) in [6, 6.07) is 13.2. The second-order valence-electron chi connectivity index (χ2n) is 8.41. The molecule has 0 fully saturated rings. The minimum Gasteiger partial charge on any atom is -0.460 e. The third-order valence-electron chi connectivity index (χ3n) is 5.92. The summed E-state index contributed by atoms with van der Waals surface area (Å²) in [6.45, 7) is 3.52. The summed E-state index contributed by atoms with van der Waals surface area (Å²) in [5, 5.41) is 8.13. The van der Waals surface area contributed by atoms with E-state index < -0.39 is 7.60 Å². The Labute approximate surface area is 215 Å². The average molecular weight is 518 g/mol. The molecule has 0 heterocycles. The summed E-state index contributed by atoms with van der Waals surface area (Å²) < 4.78 is 17.0. The van der Waals surface area contributed by atoms with E-state index in [1.165, 1.54) is 18.2 Å². The Hall–Kier alpha value is -3.84. The van der Waals surface area contributed by atoms with Gasteiger partial charge in [-0.1, -0.05) is 48.6 Å². The van der Waals surface area contributed by atoms with Crippen LogP contribution >= 0.6 is 7.60 Å². The summed E-state index contributed by atoms with van der Waals surface area (Å²) >= 11 is 0. The largest absolute Gasteiger partial charge is 0.460 e. The SMILES string of the molecule is CCN(CCOC(=O)C1=CC=C2C=CC=CC2C=C1)c1ccc(N=Nc2cccc(P(=O)(O)O)c2)cc1. The first-order valence-corrected chi connectivity index (χ1v) is 13.5. The van der Waals surface area contributed by atoms with Gasteiger partial charge in [0.1, 0.15) is 6.61 Å². The fraction of sp³-hybridized carbons (Fsp3) is 0.179. The summed E-state index contributed by atoms with van der Waals surface area (Å²) in [6.07, 6.45) is 15.7. The molecule has 2 aliphatic rings. The zero-order chi connectivity index (χ0) is 26.3. The molecule has 1 atom stereocenters. The Morgan fingerprint density at radius 2 is 1.78 bits per heavy atom. The molecule has 2 N–H and O–H groups in total. The Kier molecular flexibility index (Phi) is 8.46. The molecule has 0 amide bonds. The van der Waals surface area contributed by atoms with Crippen molar-refractivity contribution >= 4 is 35.9 Å². The topological polar surface area (TPSA) is 112 Å². The number of carbonyl (C=O) groups excluding carboxylic acids is 1. The zero-order valence-electron chi connectivity index (χ0n) is 20.3. The van der Waals surface area contributed by atoms with Gasteiger partial charge in [-0.25, -0.2) is 4.79 Å². The fourth-order valence-corrected chi connectivity index (χ4v) is 4.46. The molecule has 0 spiro atoms. The van der Waals surface area contributed by atoms with Crippen LogP contribution in [0.5, 0.6) is 0 Å². The molecular weight excluding hydrogens is 489 g/mol. The molecule has 2 aromatic rings. The van der Waals surface area contributed by atoms with Gasteiger partial charge in [0.25, 0.3) is 0 Å². The lowest BCUT2D eigenvalue weighted by molar-refractivity contribution is -0.138. The van der Waals surface area contributed by atoms with Crippen LogP contribution in [0.4, 0.5) is 17.1 Å². The molecule has 190 valence electrons. The first-order chi connectivity index (χ1) is 17.8. The van der Waals surface area contributed by atoms with Gasteiger partial charge in [-0.2, -0.15) is 10.2 Å². The number of rotatable bonds is 9. The number of allylic oxidation sites excluding steroid dienone is 8. The van der Waals surface area contributed by atoms with Crippen molar-refractivity contribution in [1.82, 2.24) is 0 Å². The van der Waals surface area contributed by atoms with Crippen molar-refractivity contribution in [3.8, 4) is 0 Å². The molecule has 0 bridgehead atoms. The van der Waals surface area contributed by atoms with E-state index in [0.29, 0.717) is 23.5 Å². The van der Waals surface area contributed by atoms with Crippen LogP contribution in [-0.4, -0.2) is 35.5 Å². The Bertz CT molecular complexity index is 1370. The van der Waals surface area contributed by atoms with Crippen molar-refractivity contribution < 1.29 is 23.9 Å². The lowest BCUT2D eigenvalue weighted by Gasteiger charge is -2.23. The average Bonchev–Trinajstić information content (AvgIpc) is 3.13. The molecule has 1 unspecified atom stereocenters. The lowest BCUT2D eigenvalue weighted by atomic mass is 9.95. The smallest absolute Gasteiger partial charge is 0.356 e. The van der Waals surface area contributed by atoms with E-state index in [1.54, 1.807) is 24.3 Å². The highest BCUT2D eigenvalue weighted by molar-refractivity contribution is 7.60. The summed E-state index contributed by atoms with van der Waals surface area (Å²) in [5.74, 6) is -0.177. The van der Waals surface area contributed by atoms with Gasteiger partial charge in [0.15, 0.2) is 0 Å². The number of nitrogens with zero attached hydrogens (tertiary/aromatic N) is 3. The maximum atomic E-state index is 12.6. The fourth-order valence-electron chi connectivity index (χ4n) is 3.88. The number of fused-ring (bicyclic) bond motifs is 1. The first-order valence-electron chi connectivity index (χ1n) is 11.9. The summed E-state index contributed by atoms with van der Waals surface area (Å²) in [7, 11) is -4.35. The van der Waals surface area contributed by atoms with Crippen molar-refractivity contribution in [1.29, 1.82) is 0 Å². The molecule has 0 aromatic heterocycles. The molecule has 2 aromatic carbocycles. The number of hydrogen-bond donors (Lipinski definition) is 2. The van der Waals surface area contributed by atoms with Crippen LogP contribution in [0.25, 0.3) is 0 Å². The lowest BCUT2D eigenvalue weighted by Crippen LogP contribution is -2.28. The predicted octanol–water partition coefficient (Wildman–Crippen LogP) is 5.44. The number of azo groups is 1. The molecule has 37 heavy (non-hydrogen) atoms. The molecule has 0 aliphatic heterocycles. The van der Waals surface area contributed by atoms with Gasteiger partial charge in [-0.3, -0.25) is 4.57 Å². The highest BCUT2D eigenvalue weighted by Crippen LogP contribution is 2.34. The van der Waals surface area contributed by atoms with Crippen LogP contribution < -0.4 is 10.2 Å². The molecule has 0 saturated carbocycles. The predicted molar refractivity (Wildman–Crippen MR) is 145 cm³/mol. The van der Waals surface area contributed by atoms with Gasteiger partial charge < -0.3 is 19.4 Å². The normalized spacial score (nSPS) is 16.7. The number of benzene rings is 2. The van der Waals surface area contributed by atoms with Crippen LogP contribution in [0.15, 0.2) is 119 Å². The van der Waals surface area contributed by atoms with Gasteiger partial charge in [0, 0.05) is 18.2 Å². The number of anilines is 1. The molecule has 0 radical (unpaired) electrons. The maximum Gasteiger partial charge on any atom is 0.356 e. The number of ether oxygens (including phenoxy) is 1. The van der Waals surface area contributed by atoms with Crippen molar-refractivity contribution in [3.05, 3.63) is 108 Å². The van der Waals surface area contributed by atoms with Gasteiger partial charge in [0.2, 0.25) is 0 Å². The van der Waals surface area contributed by atoms with E-state index in [1.807, 2.05) is 55.5 Å². The summed E-state index contributed by atoms with van der Waals surface area (Å²) in [5.41, 5.74) is 3.55. The highest BCUT2D eigenvalue weighted by atomic mass is 31.2. The van der Waals surface area contributed by atoms with E-state index in [4.69, 9.17) is 4.74 Å². The second kappa shape index (κ2) is 11.9. The molecule has 9 heteroatoms. The Balaban J connectivity index is 1.32. The summed E-state index contributed by atoms with van der Waals surface area (Å²) in [4.78, 5) is 33.3. The highest BCUT2D eigenvalue weighted by Gasteiger charge is 2.17. The zero-order valence-corrected chi connectivity index (χ0v) is 21.2. The third kappa shape index (κ3) is 7.11. The van der Waals surface area contributed by atoms with Gasteiger partial charge in [-0.05, 0) is 61.0 Å². The second-order valence-corrected chi connectivity index (χ2v) is 10.0.